The number of carbonyl (C=O) groups excluding carboxylic acids is 2. The van der Waals surface area contributed by atoms with Crippen molar-refractivity contribution in [3.63, 3.8) is 0 Å². The van der Waals surface area contributed by atoms with Crippen molar-refractivity contribution < 1.29 is 14.3 Å². The monoisotopic (exact) mass is 444 g/mol. The van der Waals surface area contributed by atoms with Gasteiger partial charge in [0.05, 0.1) is 17.7 Å². The number of esters is 1. The van der Waals surface area contributed by atoms with E-state index in [9.17, 15) is 14.4 Å². The molecule has 1 aliphatic rings. The number of anilines is 1. The first-order chi connectivity index (χ1) is 14.4. The molecule has 2 N–H and O–H groups in total. The van der Waals surface area contributed by atoms with Crippen molar-refractivity contribution in [2.45, 2.75) is 39.5 Å². The van der Waals surface area contributed by atoms with Crippen LogP contribution in [0.1, 0.15) is 56.5 Å². The highest BCUT2D eigenvalue weighted by Crippen LogP contribution is 2.38. The molecule has 0 unspecified atom stereocenters. The van der Waals surface area contributed by atoms with Crippen LogP contribution in [-0.2, 0) is 17.6 Å². The first kappa shape index (κ1) is 20.6. The molecular formula is C22H21ClN2O4S. The summed E-state index contributed by atoms with van der Waals surface area (Å²) in [6, 6.07) is 3.25. The van der Waals surface area contributed by atoms with E-state index >= 15 is 0 Å². The highest BCUT2D eigenvalue weighted by Gasteiger charge is 2.28. The Kier molecular flexibility index (Phi) is 5.66. The van der Waals surface area contributed by atoms with Crippen molar-refractivity contribution in [2.24, 2.45) is 0 Å². The van der Waals surface area contributed by atoms with E-state index < -0.39 is 11.9 Å². The number of aryl methyl sites for hydroxylation is 2. The lowest BCUT2D eigenvalue weighted by Gasteiger charge is -2.12. The van der Waals surface area contributed by atoms with Crippen LogP contribution in [0.5, 0.6) is 0 Å². The lowest BCUT2D eigenvalue weighted by atomic mass is 9.95. The first-order valence-corrected chi connectivity index (χ1v) is 11.0. The normalized spacial score (nSPS) is 13.2. The third-order valence-electron chi connectivity index (χ3n) is 5.37. The molecule has 1 amide bonds. The summed E-state index contributed by atoms with van der Waals surface area (Å²) in [6.45, 7) is 3.81. The molecule has 0 atom stereocenters. The lowest BCUT2D eigenvalue weighted by molar-refractivity contribution is 0.0526. The number of benzene rings is 1. The number of hydrogen-bond donors (Lipinski definition) is 2. The van der Waals surface area contributed by atoms with Crippen LogP contribution < -0.4 is 10.7 Å². The smallest absolute Gasteiger partial charge is 0.341 e. The molecule has 0 saturated heterocycles. The summed E-state index contributed by atoms with van der Waals surface area (Å²) in [7, 11) is 0. The fourth-order valence-electron chi connectivity index (χ4n) is 3.83. The van der Waals surface area contributed by atoms with Gasteiger partial charge in [-0.2, -0.15) is 0 Å². The van der Waals surface area contributed by atoms with E-state index in [1.54, 1.807) is 19.1 Å². The van der Waals surface area contributed by atoms with E-state index in [0.29, 0.717) is 26.5 Å². The quantitative estimate of drug-likeness (QED) is 0.562. The molecule has 30 heavy (non-hydrogen) atoms. The number of H-pyrrole nitrogens is 1. The molecule has 2 aromatic heterocycles. The Balaban J connectivity index is 1.73. The molecule has 0 saturated carbocycles. The number of amides is 1. The van der Waals surface area contributed by atoms with Crippen molar-refractivity contribution in [1.82, 2.24) is 4.98 Å². The number of fused-ring (bicyclic) bond motifs is 2. The van der Waals surface area contributed by atoms with Gasteiger partial charge in [0, 0.05) is 21.5 Å². The van der Waals surface area contributed by atoms with Gasteiger partial charge in [-0.3, -0.25) is 9.59 Å². The molecule has 2 heterocycles. The molecule has 8 heteroatoms. The molecule has 156 valence electrons. The number of aromatic amines is 1. The van der Waals surface area contributed by atoms with E-state index in [1.807, 2.05) is 6.92 Å². The lowest BCUT2D eigenvalue weighted by Crippen LogP contribution is -2.23. The number of pyridine rings is 1. The van der Waals surface area contributed by atoms with Gasteiger partial charge in [-0.25, -0.2) is 4.79 Å². The minimum absolute atomic E-state index is 0.0228. The van der Waals surface area contributed by atoms with Gasteiger partial charge in [-0.1, -0.05) is 11.6 Å². The van der Waals surface area contributed by atoms with Gasteiger partial charge in [-0.15, -0.1) is 11.3 Å². The topological polar surface area (TPSA) is 88.3 Å². The molecule has 1 aromatic carbocycles. The fourth-order valence-corrected chi connectivity index (χ4v) is 5.26. The predicted octanol–water partition coefficient (Wildman–Crippen LogP) is 4.86. The van der Waals surface area contributed by atoms with Crippen LogP contribution in [0.3, 0.4) is 0 Å². The summed E-state index contributed by atoms with van der Waals surface area (Å²) in [4.78, 5) is 42.6. The fraction of sp³-hybridized carbons (Fsp3) is 0.318. The summed E-state index contributed by atoms with van der Waals surface area (Å²) in [5.74, 6) is -1.00. The van der Waals surface area contributed by atoms with Crippen molar-refractivity contribution in [3.05, 3.63) is 60.7 Å². The van der Waals surface area contributed by atoms with Gasteiger partial charge in [0.2, 0.25) is 5.43 Å². The Morgan fingerprint density at radius 3 is 2.80 bits per heavy atom. The maximum atomic E-state index is 13.0. The zero-order chi connectivity index (χ0) is 21.4. The van der Waals surface area contributed by atoms with E-state index in [-0.39, 0.29) is 17.6 Å². The van der Waals surface area contributed by atoms with Crippen LogP contribution >= 0.6 is 22.9 Å². The van der Waals surface area contributed by atoms with Crippen molar-refractivity contribution in [1.29, 1.82) is 0 Å². The zero-order valence-corrected chi connectivity index (χ0v) is 18.3. The molecule has 0 spiro atoms. The van der Waals surface area contributed by atoms with Gasteiger partial charge in [-0.05, 0) is 62.8 Å². The minimum Gasteiger partial charge on any atom is -0.462 e. The summed E-state index contributed by atoms with van der Waals surface area (Å²) >= 11 is 7.52. The number of aromatic nitrogens is 1. The Labute approximate surface area is 182 Å². The minimum atomic E-state index is -0.560. The van der Waals surface area contributed by atoms with Crippen LogP contribution in [0.25, 0.3) is 10.9 Å². The number of nitrogens with one attached hydrogen (secondary N) is 2. The second-order valence-corrected chi connectivity index (χ2v) is 8.73. The number of rotatable bonds is 4. The van der Waals surface area contributed by atoms with E-state index in [2.05, 4.69) is 10.3 Å². The first-order valence-electron chi connectivity index (χ1n) is 9.85. The van der Waals surface area contributed by atoms with Gasteiger partial charge in [0.1, 0.15) is 10.6 Å². The number of thiophene rings is 1. The number of carbonyl (C=O) groups is 2. The summed E-state index contributed by atoms with van der Waals surface area (Å²) in [6.07, 6.45) is 5.09. The van der Waals surface area contributed by atoms with Crippen molar-refractivity contribution in [3.8, 4) is 0 Å². The molecule has 6 nitrogen and oxygen atoms in total. The molecule has 3 aromatic rings. The Morgan fingerprint density at radius 1 is 1.27 bits per heavy atom. The predicted molar refractivity (Wildman–Crippen MR) is 119 cm³/mol. The van der Waals surface area contributed by atoms with Gasteiger partial charge in [0.25, 0.3) is 5.91 Å². The molecule has 0 fully saturated rings. The number of hydrogen-bond acceptors (Lipinski definition) is 5. The van der Waals surface area contributed by atoms with Gasteiger partial charge >= 0.3 is 5.97 Å². The highest BCUT2D eigenvalue weighted by atomic mass is 35.5. The second-order valence-electron chi connectivity index (χ2n) is 7.22. The van der Waals surface area contributed by atoms with E-state index in [1.165, 1.54) is 17.5 Å². The molecule has 1 aliphatic carbocycles. The van der Waals surface area contributed by atoms with Crippen LogP contribution in [-0.4, -0.2) is 23.5 Å². The zero-order valence-electron chi connectivity index (χ0n) is 16.7. The number of ether oxygens (including phenoxy) is 1. The van der Waals surface area contributed by atoms with Crippen LogP contribution in [0.2, 0.25) is 5.02 Å². The largest absolute Gasteiger partial charge is 0.462 e. The van der Waals surface area contributed by atoms with Gasteiger partial charge in [0.15, 0.2) is 0 Å². The summed E-state index contributed by atoms with van der Waals surface area (Å²) < 4.78 is 5.22. The summed E-state index contributed by atoms with van der Waals surface area (Å²) in [5, 5.41) is 4.16. The van der Waals surface area contributed by atoms with Crippen molar-refractivity contribution >= 4 is 50.7 Å². The number of halogens is 1. The van der Waals surface area contributed by atoms with E-state index in [0.717, 1.165) is 41.7 Å². The second kappa shape index (κ2) is 8.24. The third kappa shape index (κ3) is 3.52. The molecular weight excluding hydrogens is 424 g/mol. The van der Waals surface area contributed by atoms with Gasteiger partial charge < -0.3 is 15.0 Å². The average Bonchev–Trinajstić information content (AvgIpc) is 3.09. The average molecular weight is 445 g/mol. The molecule has 4 rings (SSSR count). The Morgan fingerprint density at radius 2 is 2.03 bits per heavy atom. The summed E-state index contributed by atoms with van der Waals surface area (Å²) in [5.41, 5.74) is 2.31. The Bertz CT molecular complexity index is 1230. The standard InChI is InChI=1S/C22H21ClN2O4S/c1-3-29-22(28)17-12-6-4-5-7-16(12)30-21(17)25-20(27)14-10-24-18-11(2)15(23)9-8-13(18)19(14)26/h8-10H,3-7H2,1-2H3,(H,24,26)(H,25,27). The third-order valence-corrected chi connectivity index (χ3v) is 6.99. The maximum absolute atomic E-state index is 13.0. The van der Waals surface area contributed by atoms with Crippen LogP contribution in [0.15, 0.2) is 23.1 Å². The molecule has 0 radical (unpaired) electrons. The SMILES string of the molecule is CCOC(=O)c1c(NC(=O)c2c[nH]c3c(C)c(Cl)ccc3c2=O)sc2c1CCCC2. The van der Waals surface area contributed by atoms with E-state index in [4.69, 9.17) is 16.3 Å². The highest BCUT2D eigenvalue weighted by molar-refractivity contribution is 7.17. The van der Waals surface area contributed by atoms with Crippen LogP contribution in [0, 0.1) is 6.92 Å². The molecule has 0 aliphatic heterocycles. The van der Waals surface area contributed by atoms with Crippen molar-refractivity contribution in [2.75, 3.05) is 11.9 Å². The molecule has 0 bridgehead atoms. The Hall–Kier alpha value is -2.64. The maximum Gasteiger partial charge on any atom is 0.341 e. The van der Waals surface area contributed by atoms with Crippen LogP contribution in [0.4, 0.5) is 5.00 Å².